The SMILES string of the molecule is CCC(C)CCCCCF. The fraction of sp³-hybridized carbons (Fsp3) is 1.00. The Morgan fingerprint density at radius 1 is 1.20 bits per heavy atom. The first-order chi connectivity index (χ1) is 4.81. The van der Waals surface area contributed by atoms with Gasteiger partial charge in [-0.2, -0.15) is 0 Å². The Labute approximate surface area is 63.8 Å². The van der Waals surface area contributed by atoms with Crippen LogP contribution in [-0.2, 0) is 0 Å². The summed E-state index contributed by atoms with van der Waals surface area (Å²) in [5, 5.41) is 0. The molecule has 0 spiro atoms. The van der Waals surface area contributed by atoms with Gasteiger partial charge in [0.1, 0.15) is 0 Å². The summed E-state index contributed by atoms with van der Waals surface area (Å²) in [5.41, 5.74) is 0. The molecule has 0 nitrogen and oxygen atoms in total. The second-order valence-electron chi connectivity index (χ2n) is 3.05. The van der Waals surface area contributed by atoms with Gasteiger partial charge < -0.3 is 0 Å². The third-order valence-corrected chi connectivity index (χ3v) is 2.03. The highest BCUT2D eigenvalue weighted by Crippen LogP contribution is 2.11. The van der Waals surface area contributed by atoms with Gasteiger partial charge in [-0.3, -0.25) is 4.39 Å². The van der Waals surface area contributed by atoms with Gasteiger partial charge in [0.25, 0.3) is 0 Å². The maximum absolute atomic E-state index is 11.6. The minimum atomic E-state index is -0.138. The molecule has 1 heteroatoms. The van der Waals surface area contributed by atoms with Crippen molar-refractivity contribution in [2.75, 3.05) is 6.67 Å². The van der Waals surface area contributed by atoms with E-state index in [-0.39, 0.29) is 6.67 Å². The molecule has 0 radical (unpaired) electrons. The summed E-state index contributed by atoms with van der Waals surface area (Å²) >= 11 is 0. The van der Waals surface area contributed by atoms with Crippen LogP contribution in [0.2, 0.25) is 0 Å². The largest absolute Gasteiger partial charge is 0.251 e. The maximum atomic E-state index is 11.6. The quantitative estimate of drug-likeness (QED) is 0.502. The molecule has 0 saturated carbocycles. The smallest absolute Gasteiger partial charge is 0.0894 e. The van der Waals surface area contributed by atoms with Gasteiger partial charge in [-0.05, 0) is 12.3 Å². The van der Waals surface area contributed by atoms with Gasteiger partial charge in [0.15, 0.2) is 0 Å². The third-order valence-electron chi connectivity index (χ3n) is 2.03. The van der Waals surface area contributed by atoms with Crippen LogP contribution in [0.4, 0.5) is 4.39 Å². The van der Waals surface area contributed by atoms with E-state index in [1.54, 1.807) is 0 Å². The predicted octanol–water partition coefficient (Wildman–Crippen LogP) is 3.56. The Hall–Kier alpha value is -0.0700. The summed E-state index contributed by atoms with van der Waals surface area (Å²) in [6.07, 6.45) is 5.57. The molecule has 0 aromatic heterocycles. The standard InChI is InChI=1S/C9H19F/c1-3-9(2)7-5-4-6-8-10/h9H,3-8H2,1-2H3. The minimum Gasteiger partial charge on any atom is -0.251 e. The molecule has 1 atom stereocenters. The van der Waals surface area contributed by atoms with Gasteiger partial charge in [-0.25, -0.2) is 0 Å². The van der Waals surface area contributed by atoms with E-state index in [0.717, 1.165) is 18.8 Å². The summed E-state index contributed by atoms with van der Waals surface area (Å²) in [6, 6.07) is 0. The molecule has 0 amide bonds. The molecule has 0 N–H and O–H groups in total. The zero-order valence-corrected chi connectivity index (χ0v) is 7.20. The highest BCUT2D eigenvalue weighted by atomic mass is 19.1. The van der Waals surface area contributed by atoms with Crippen LogP contribution in [-0.4, -0.2) is 6.67 Å². The highest BCUT2D eigenvalue weighted by molar-refractivity contribution is 4.50. The average molecular weight is 146 g/mol. The van der Waals surface area contributed by atoms with Gasteiger partial charge in [0, 0.05) is 0 Å². The molecule has 62 valence electrons. The van der Waals surface area contributed by atoms with Gasteiger partial charge in [0.2, 0.25) is 0 Å². The molecule has 0 aliphatic heterocycles. The molecule has 1 unspecified atom stereocenters. The van der Waals surface area contributed by atoms with Crippen LogP contribution >= 0.6 is 0 Å². The van der Waals surface area contributed by atoms with Crippen molar-refractivity contribution in [2.24, 2.45) is 5.92 Å². The molecule has 0 bridgehead atoms. The first-order valence-corrected chi connectivity index (χ1v) is 4.37. The maximum Gasteiger partial charge on any atom is 0.0894 e. The fourth-order valence-electron chi connectivity index (χ4n) is 0.968. The average Bonchev–Trinajstić information content (AvgIpc) is 1.98. The molecular formula is C9H19F. The summed E-state index contributed by atoms with van der Waals surface area (Å²) in [5.74, 6) is 0.833. The van der Waals surface area contributed by atoms with Gasteiger partial charge in [-0.15, -0.1) is 0 Å². The van der Waals surface area contributed by atoms with Crippen molar-refractivity contribution in [3.05, 3.63) is 0 Å². The zero-order valence-electron chi connectivity index (χ0n) is 7.20. The number of unbranched alkanes of at least 4 members (excludes halogenated alkanes) is 2. The van der Waals surface area contributed by atoms with Crippen LogP contribution in [0.5, 0.6) is 0 Å². The fourth-order valence-corrected chi connectivity index (χ4v) is 0.968. The zero-order chi connectivity index (χ0) is 7.82. The Balaban J connectivity index is 2.89. The monoisotopic (exact) mass is 146 g/mol. The van der Waals surface area contributed by atoms with Crippen molar-refractivity contribution in [2.45, 2.75) is 46.0 Å². The predicted molar refractivity (Wildman–Crippen MR) is 43.9 cm³/mol. The normalized spacial score (nSPS) is 13.5. The van der Waals surface area contributed by atoms with E-state index in [0.29, 0.717) is 0 Å². The van der Waals surface area contributed by atoms with Crippen molar-refractivity contribution in [1.29, 1.82) is 0 Å². The second kappa shape index (κ2) is 7.04. The van der Waals surface area contributed by atoms with Crippen molar-refractivity contribution < 1.29 is 4.39 Å². The Kier molecular flexibility index (Phi) is 6.99. The molecule has 0 fully saturated rings. The molecule has 0 rings (SSSR count). The summed E-state index contributed by atoms with van der Waals surface area (Å²) in [4.78, 5) is 0. The lowest BCUT2D eigenvalue weighted by atomic mass is 10.0. The molecule has 10 heavy (non-hydrogen) atoms. The van der Waals surface area contributed by atoms with E-state index in [9.17, 15) is 4.39 Å². The van der Waals surface area contributed by atoms with Crippen LogP contribution in [0.1, 0.15) is 46.0 Å². The Morgan fingerprint density at radius 2 is 1.90 bits per heavy atom. The lowest BCUT2D eigenvalue weighted by Gasteiger charge is -2.05. The van der Waals surface area contributed by atoms with E-state index < -0.39 is 0 Å². The van der Waals surface area contributed by atoms with Crippen LogP contribution in [0.25, 0.3) is 0 Å². The third kappa shape index (κ3) is 6.06. The van der Waals surface area contributed by atoms with Gasteiger partial charge >= 0.3 is 0 Å². The first-order valence-electron chi connectivity index (χ1n) is 4.37. The molecule has 0 aliphatic carbocycles. The van der Waals surface area contributed by atoms with E-state index >= 15 is 0 Å². The van der Waals surface area contributed by atoms with Crippen LogP contribution in [0.3, 0.4) is 0 Å². The summed E-state index contributed by atoms with van der Waals surface area (Å²) < 4.78 is 11.6. The molecule has 0 saturated heterocycles. The molecule has 0 heterocycles. The Morgan fingerprint density at radius 3 is 2.40 bits per heavy atom. The first kappa shape index (κ1) is 9.93. The molecule has 0 aliphatic rings. The van der Waals surface area contributed by atoms with E-state index in [1.807, 2.05) is 0 Å². The topological polar surface area (TPSA) is 0 Å². The lowest BCUT2D eigenvalue weighted by molar-refractivity contribution is 0.429. The second-order valence-corrected chi connectivity index (χ2v) is 3.05. The number of rotatable bonds is 6. The van der Waals surface area contributed by atoms with E-state index in [4.69, 9.17) is 0 Å². The number of alkyl halides is 1. The number of halogens is 1. The summed E-state index contributed by atoms with van der Waals surface area (Å²) in [7, 11) is 0. The van der Waals surface area contributed by atoms with Crippen molar-refractivity contribution in [3.8, 4) is 0 Å². The van der Waals surface area contributed by atoms with Crippen molar-refractivity contribution in [1.82, 2.24) is 0 Å². The number of hydrogen-bond acceptors (Lipinski definition) is 0. The van der Waals surface area contributed by atoms with Gasteiger partial charge in [-0.1, -0.05) is 39.5 Å². The van der Waals surface area contributed by atoms with Crippen molar-refractivity contribution >= 4 is 0 Å². The van der Waals surface area contributed by atoms with Gasteiger partial charge in [0.05, 0.1) is 6.67 Å². The molecular weight excluding hydrogens is 127 g/mol. The van der Waals surface area contributed by atoms with E-state index in [1.165, 1.54) is 19.3 Å². The Bertz CT molecular complexity index is 61.7. The number of hydrogen-bond donors (Lipinski definition) is 0. The minimum absolute atomic E-state index is 0.138. The highest BCUT2D eigenvalue weighted by Gasteiger charge is 1.96. The molecule has 0 aromatic carbocycles. The van der Waals surface area contributed by atoms with Crippen LogP contribution in [0.15, 0.2) is 0 Å². The van der Waals surface area contributed by atoms with Crippen LogP contribution < -0.4 is 0 Å². The van der Waals surface area contributed by atoms with Crippen LogP contribution in [0, 0.1) is 5.92 Å². The summed E-state index contributed by atoms with van der Waals surface area (Å²) in [6.45, 7) is 4.33. The lowest BCUT2D eigenvalue weighted by Crippen LogP contribution is -1.91. The molecule has 0 aromatic rings. The van der Waals surface area contributed by atoms with E-state index in [2.05, 4.69) is 13.8 Å². The van der Waals surface area contributed by atoms with Crippen molar-refractivity contribution in [3.63, 3.8) is 0 Å².